The molecule has 0 radical (unpaired) electrons. The van der Waals surface area contributed by atoms with Gasteiger partial charge in [0.1, 0.15) is 11.3 Å². The van der Waals surface area contributed by atoms with Crippen LogP contribution >= 0.6 is 0 Å². The lowest BCUT2D eigenvalue weighted by Gasteiger charge is -2.28. The van der Waals surface area contributed by atoms with E-state index in [-0.39, 0.29) is 41.7 Å². The van der Waals surface area contributed by atoms with Crippen molar-refractivity contribution in [3.8, 4) is 0 Å². The highest BCUT2D eigenvalue weighted by Gasteiger charge is 2.27. The highest BCUT2D eigenvalue weighted by Crippen LogP contribution is 2.25. The Balaban J connectivity index is 1.89. The topological polar surface area (TPSA) is 118 Å². The molecule has 2 aromatic rings. The van der Waals surface area contributed by atoms with Crippen LogP contribution in [-0.2, 0) is 4.74 Å². The zero-order valence-electron chi connectivity index (χ0n) is 16.1. The summed E-state index contributed by atoms with van der Waals surface area (Å²) < 4.78 is 6.93. The molecule has 4 rings (SSSR count). The van der Waals surface area contributed by atoms with E-state index in [2.05, 4.69) is 20.6 Å². The van der Waals surface area contributed by atoms with Gasteiger partial charge >= 0.3 is 0 Å². The Labute approximate surface area is 162 Å². The molecule has 4 heterocycles. The first kappa shape index (κ1) is 19.0. The van der Waals surface area contributed by atoms with E-state index in [1.54, 1.807) is 17.6 Å². The number of nitrogens with one attached hydrogen (secondary N) is 2. The van der Waals surface area contributed by atoms with Crippen LogP contribution in [0.1, 0.15) is 41.9 Å². The number of pyridine rings is 1. The van der Waals surface area contributed by atoms with Crippen LogP contribution in [0.15, 0.2) is 10.9 Å². The zero-order valence-corrected chi connectivity index (χ0v) is 16.1. The van der Waals surface area contributed by atoms with Crippen LogP contribution in [0.2, 0.25) is 0 Å². The van der Waals surface area contributed by atoms with Gasteiger partial charge in [-0.2, -0.15) is 4.98 Å². The predicted octanol–water partition coefficient (Wildman–Crippen LogP) is 0.399. The van der Waals surface area contributed by atoms with E-state index in [1.165, 1.54) is 6.92 Å². The fourth-order valence-electron chi connectivity index (χ4n) is 4.01. The molecular formula is C19H25N5O4. The van der Waals surface area contributed by atoms with Crippen molar-refractivity contribution in [1.82, 2.24) is 19.9 Å². The number of ketones is 1. The number of hydrogen-bond donors (Lipinski definition) is 3. The van der Waals surface area contributed by atoms with Gasteiger partial charge < -0.3 is 20.5 Å². The Morgan fingerprint density at radius 1 is 1.39 bits per heavy atom. The molecule has 150 valence electrons. The van der Waals surface area contributed by atoms with Crippen molar-refractivity contribution in [2.75, 3.05) is 31.6 Å². The number of anilines is 1. The van der Waals surface area contributed by atoms with Gasteiger partial charge in [0, 0.05) is 26.1 Å². The Morgan fingerprint density at radius 3 is 2.89 bits per heavy atom. The molecule has 2 aromatic heterocycles. The summed E-state index contributed by atoms with van der Waals surface area (Å²) in [4.78, 5) is 34.2. The van der Waals surface area contributed by atoms with Crippen molar-refractivity contribution in [2.45, 2.75) is 44.9 Å². The predicted molar refractivity (Wildman–Crippen MR) is 104 cm³/mol. The van der Waals surface area contributed by atoms with E-state index in [4.69, 9.17) is 4.74 Å². The molecule has 0 unspecified atom stereocenters. The lowest BCUT2D eigenvalue weighted by atomic mass is 10.1. The number of nitrogens with zero attached hydrogens (tertiary/aromatic N) is 3. The van der Waals surface area contributed by atoms with Gasteiger partial charge in [-0.25, -0.2) is 4.98 Å². The maximum Gasteiger partial charge on any atom is 0.252 e. The summed E-state index contributed by atoms with van der Waals surface area (Å²) in [6, 6.07) is 1.25. The molecule has 0 bridgehead atoms. The average Bonchev–Trinajstić information content (AvgIpc) is 3.17. The molecule has 9 heteroatoms. The first-order valence-corrected chi connectivity index (χ1v) is 9.63. The fraction of sp³-hybridized carbons (Fsp3) is 0.579. The van der Waals surface area contributed by atoms with Crippen molar-refractivity contribution in [1.29, 1.82) is 0 Å². The maximum atomic E-state index is 12.8. The van der Waals surface area contributed by atoms with Gasteiger partial charge in [-0.15, -0.1) is 0 Å². The third-order valence-electron chi connectivity index (χ3n) is 5.46. The van der Waals surface area contributed by atoms with E-state index in [9.17, 15) is 14.7 Å². The minimum atomic E-state index is -0.687. The molecule has 2 fully saturated rings. The Hall–Kier alpha value is -2.36. The lowest BCUT2D eigenvalue weighted by molar-refractivity contribution is -0.0136. The number of aliphatic hydroxyl groups excluding tert-OH is 1. The minimum absolute atomic E-state index is 0.0215. The first-order chi connectivity index (χ1) is 13.5. The Kier molecular flexibility index (Phi) is 5.13. The number of carbonyl (C=O) groups is 1. The second kappa shape index (κ2) is 7.57. The average molecular weight is 387 g/mol. The van der Waals surface area contributed by atoms with Gasteiger partial charge in [0.15, 0.2) is 5.78 Å². The summed E-state index contributed by atoms with van der Waals surface area (Å²) in [5.41, 5.74) is 1.29. The quantitative estimate of drug-likeness (QED) is 0.645. The van der Waals surface area contributed by atoms with Crippen LogP contribution < -0.4 is 16.2 Å². The third kappa shape index (κ3) is 3.41. The molecular weight excluding hydrogens is 362 g/mol. The fourth-order valence-corrected chi connectivity index (χ4v) is 4.01. The molecule has 0 saturated carbocycles. The lowest BCUT2D eigenvalue weighted by Crippen LogP contribution is -2.42. The molecule has 2 aliphatic rings. The summed E-state index contributed by atoms with van der Waals surface area (Å²) in [6.45, 7) is 5.53. The smallest absolute Gasteiger partial charge is 0.252 e. The number of ether oxygens (including phenoxy) is 1. The summed E-state index contributed by atoms with van der Waals surface area (Å²) in [5, 5.41) is 17.2. The van der Waals surface area contributed by atoms with Gasteiger partial charge in [0.25, 0.3) is 5.56 Å². The van der Waals surface area contributed by atoms with Gasteiger partial charge in [0.2, 0.25) is 5.95 Å². The van der Waals surface area contributed by atoms with Crippen molar-refractivity contribution in [3.63, 3.8) is 0 Å². The van der Waals surface area contributed by atoms with Crippen LogP contribution in [0, 0.1) is 6.92 Å². The van der Waals surface area contributed by atoms with Crippen LogP contribution in [0.5, 0.6) is 0 Å². The molecule has 0 aromatic carbocycles. The van der Waals surface area contributed by atoms with Gasteiger partial charge in [-0.3, -0.25) is 14.2 Å². The van der Waals surface area contributed by atoms with E-state index in [0.717, 1.165) is 13.0 Å². The van der Waals surface area contributed by atoms with Crippen molar-refractivity contribution in [2.24, 2.45) is 0 Å². The first-order valence-electron chi connectivity index (χ1n) is 9.63. The molecule has 0 amide bonds. The summed E-state index contributed by atoms with van der Waals surface area (Å²) in [7, 11) is 0. The minimum Gasteiger partial charge on any atom is -0.389 e. The number of aromatic nitrogens is 3. The monoisotopic (exact) mass is 387 g/mol. The molecule has 0 spiro atoms. The van der Waals surface area contributed by atoms with E-state index in [1.807, 2.05) is 0 Å². The van der Waals surface area contributed by atoms with Gasteiger partial charge in [-0.1, -0.05) is 0 Å². The number of hydrogen-bond acceptors (Lipinski definition) is 8. The van der Waals surface area contributed by atoms with Crippen LogP contribution in [0.4, 0.5) is 5.95 Å². The standard InChI is InChI=1S/C19H25N5O4/c1-10-7-15(27)24(12-3-5-20-8-12)18-16(10)17(11(2)25)22-19(23-18)21-13-4-6-28-9-14(13)26/h7,12-14,20,26H,3-6,8-9H2,1-2H3,(H,21,22,23)/t12-,13+,14+/m0/s1. The normalized spacial score (nSPS) is 25.2. The molecule has 3 atom stereocenters. The van der Waals surface area contributed by atoms with E-state index in [0.29, 0.717) is 36.2 Å². The summed E-state index contributed by atoms with van der Waals surface area (Å²) in [5.74, 6) is 0.0502. The van der Waals surface area contributed by atoms with Crippen LogP contribution in [-0.4, -0.2) is 63.9 Å². The van der Waals surface area contributed by atoms with Crippen molar-refractivity contribution in [3.05, 3.63) is 27.7 Å². The largest absolute Gasteiger partial charge is 0.389 e. The number of aliphatic hydroxyl groups is 1. The van der Waals surface area contributed by atoms with Gasteiger partial charge in [0.05, 0.1) is 30.2 Å². The number of fused-ring (bicyclic) bond motifs is 1. The Morgan fingerprint density at radius 2 is 2.21 bits per heavy atom. The third-order valence-corrected chi connectivity index (χ3v) is 5.46. The summed E-state index contributed by atoms with van der Waals surface area (Å²) >= 11 is 0. The van der Waals surface area contributed by atoms with Crippen molar-refractivity contribution < 1.29 is 14.6 Å². The Bertz CT molecular complexity index is 967. The van der Waals surface area contributed by atoms with Crippen LogP contribution in [0.25, 0.3) is 11.0 Å². The summed E-state index contributed by atoms with van der Waals surface area (Å²) in [6.07, 6.45) is 0.733. The number of aryl methyl sites for hydroxylation is 1. The maximum absolute atomic E-state index is 12.8. The van der Waals surface area contributed by atoms with Crippen LogP contribution in [0.3, 0.4) is 0 Å². The van der Waals surface area contributed by atoms with Gasteiger partial charge in [-0.05, 0) is 31.9 Å². The second-order valence-corrected chi connectivity index (χ2v) is 7.51. The highest BCUT2D eigenvalue weighted by molar-refractivity contribution is 6.05. The molecule has 2 saturated heterocycles. The molecule has 2 aliphatic heterocycles. The number of carbonyl (C=O) groups excluding carboxylic acids is 1. The van der Waals surface area contributed by atoms with E-state index < -0.39 is 6.10 Å². The highest BCUT2D eigenvalue weighted by atomic mass is 16.5. The SMILES string of the molecule is CC(=O)c1nc(N[C@@H]2CCOC[C@H]2O)nc2c1c(C)cc(=O)n2[C@H]1CCNC1. The molecule has 28 heavy (non-hydrogen) atoms. The number of rotatable bonds is 4. The zero-order chi connectivity index (χ0) is 19.8. The molecule has 0 aliphatic carbocycles. The van der Waals surface area contributed by atoms with E-state index >= 15 is 0 Å². The van der Waals surface area contributed by atoms with Crippen molar-refractivity contribution >= 4 is 22.8 Å². The molecule has 3 N–H and O–H groups in total. The number of Topliss-reactive ketones (excluding diaryl/α,β-unsaturated/α-hetero) is 1. The second-order valence-electron chi connectivity index (χ2n) is 7.51. The molecule has 9 nitrogen and oxygen atoms in total.